The summed E-state index contributed by atoms with van der Waals surface area (Å²) in [6.45, 7) is 2.02. The third kappa shape index (κ3) is 2.77. The van der Waals surface area contributed by atoms with Crippen LogP contribution in [0.15, 0.2) is 48.5 Å². The molecule has 1 N–H and O–H groups in total. The van der Waals surface area contributed by atoms with E-state index in [0.717, 1.165) is 16.8 Å². The van der Waals surface area contributed by atoms with Gasteiger partial charge in [0, 0.05) is 24.7 Å². The first kappa shape index (κ1) is 12.4. The number of rotatable bonds is 4. The van der Waals surface area contributed by atoms with Gasteiger partial charge in [-0.25, -0.2) is 0 Å². The average Bonchev–Trinajstić information content (AvgIpc) is 2.40. The van der Waals surface area contributed by atoms with Crippen LogP contribution in [0.2, 0.25) is 0 Å². The number of anilines is 1. The van der Waals surface area contributed by atoms with Crippen molar-refractivity contribution in [2.45, 2.75) is 13.3 Å². The number of benzene rings is 2. The van der Waals surface area contributed by atoms with Crippen LogP contribution in [-0.2, 0) is 6.42 Å². The Morgan fingerprint density at radius 1 is 1.06 bits per heavy atom. The van der Waals surface area contributed by atoms with Crippen molar-refractivity contribution in [3.8, 4) is 0 Å². The van der Waals surface area contributed by atoms with Crippen molar-refractivity contribution in [2.75, 3.05) is 12.4 Å². The maximum Gasteiger partial charge on any atom is 0.167 e. The highest BCUT2D eigenvalue weighted by molar-refractivity contribution is 5.98. The van der Waals surface area contributed by atoms with Crippen molar-refractivity contribution in [2.24, 2.45) is 0 Å². The van der Waals surface area contributed by atoms with E-state index < -0.39 is 0 Å². The lowest BCUT2D eigenvalue weighted by molar-refractivity contribution is 0.0993. The molecule has 0 amide bonds. The quantitative estimate of drug-likeness (QED) is 0.828. The average molecular weight is 239 g/mol. The molecule has 0 unspecified atom stereocenters. The zero-order valence-corrected chi connectivity index (χ0v) is 10.7. The van der Waals surface area contributed by atoms with Gasteiger partial charge in [0.15, 0.2) is 5.78 Å². The first-order valence-electron chi connectivity index (χ1n) is 6.06. The van der Waals surface area contributed by atoms with Crippen molar-refractivity contribution < 1.29 is 4.79 Å². The number of Topliss-reactive ketones (excluding diaryl/α,β-unsaturated/α-hetero) is 1. The molecule has 0 heterocycles. The van der Waals surface area contributed by atoms with E-state index in [2.05, 4.69) is 5.32 Å². The summed E-state index contributed by atoms with van der Waals surface area (Å²) >= 11 is 0. The van der Waals surface area contributed by atoms with Crippen LogP contribution in [0.3, 0.4) is 0 Å². The first-order chi connectivity index (χ1) is 8.70. The molecule has 0 aliphatic rings. The van der Waals surface area contributed by atoms with Crippen LogP contribution in [-0.4, -0.2) is 12.8 Å². The van der Waals surface area contributed by atoms with Crippen molar-refractivity contribution in [3.05, 3.63) is 65.2 Å². The second-order valence-electron chi connectivity index (χ2n) is 4.37. The molecule has 0 saturated carbocycles. The van der Waals surface area contributed by atoms with Crippen LogP contribution in [0.5, 0.6) is 0 Å². The maximum absolute atomic E-state index is 12.2. The molecular weight excluding hydrogens is 222 g/mol. The monoisotopic (exact) mass is 239 g/mol. The number of ketones is 1. The molecule has 2 heteroatoms. The molecule has 2 rings (SSSR count). The van der Waals surface area contributed by atoms with E-state index >= 15 is 0 Å². The van der Waals surface area contributed by atoms with E-state index in [9.17, 15) is 4.79 Å². The van der Waals surface area contributed by atoms with E-state index in [1.807, 2.05) is 62.5 Å². The first-order valence-corrected chi connectivity index (χ1v) is 6.06. The standard InChI is InChI=1S/C16H17NO/c1-12-7-9-13(10-8-12)16(18)11-14-5-3-4-6-15(14)17-2/h3-10,17H,11H2,1-2H3. The summed E-state index contributed by atoms with van der Waals surface area (Å²) in [5.74, 6) is 0.151. The summed E-state index contributed by atoms with van der Waals surface area (Å²) in [5.41, 5.74) is 3.98. The Morgan fingerprint density at radius 3 is 2.39 bits per heavy atom. The van der Waals surface area contributed by atoms with Gasteiger partial charge in [0.05, 0.1) is 0 Å². The van der Waals surface area contributed by atoms with Crippen molar-refractivity contribution >= 4 is 11.5 Å². The Morgan fingerprint density at radius 2 is 1.72 bits per heavy atom. The minimum absolute atomic E-state index is 0.151. The molecule has 18 heavy (non-hydrogen) atoms. The Bertz CT molecular complexity index is 543. The third-order valence-corrected chi connectivity index (χ3v) is 3.01. The van der Waals surface area contributed by atoms with E-state index in [0.29, 0.717) is 6.42 Å². The van der Waals surface area contributed by atoms with Gasteiger partial charge in [0.2, 0.25) is 0 Å². The van der Waals surface area contributed by atoms with Gasteiger partial charge in [-0.3, -0.25) is 4.79 Å². The van der Waals surface area contributed by atoms with Gasteiger partial charge >= 0.3 is 0 Å². The highest BCUT2D eigenvalue weighted by Crippen LogP contribution is 2.17. The predicted molar refractivity (Wildman–Crippen MR) is 75.2 cm³/mol. The Balaban J connectivity index is 2.18. The third-order valence-electron chi connectivity index (χ3n) is 3.01. The molecule has 0 aliphatic heterocycles. The second kappa shape index (κ2) is 5.50. The molecule has 2 aromatic carbocycles. The zero-order chi connectivity index (χ0) is 13.0. The van der Waals surface area contributed by atoms with E-state index in [1.165, 1.54) is 5.56 Å². The SMILES string of the molecule is CNc1ccccc1CC(=O)c1ccc(C)cc1. The van der Waals surface area contributed by atoms with Crippen molar-refractivity contribution in [1.29, 1.82) is 0 Å². The number of carbonyl (C=O) groups is 1. The molecular formula is C16H17NO. The minimum Gasteiger partial charge on any atom is -0.388 e. The fourth-order valence-corrected chi connectivity index (χ4v) is 1.93. The van der Waals surface area contributed by atoms with Gasteiger partial charge in [0.25, 0.3) is 0 Å². The molecule has 0 spiro atoms. The molecule has 0 atom stereocenters. The summed E-state index contributed by atoms with van der Waals surface area (Å²) in [5, 5.41) is 3.11. The molecule has 2 aromatic rings. The molecule has 0 aliphatic carbocycles. The largest absolute Gasteiger partial charge is 0.388 e. The van der Waals surface area contributed by atoms with Crippen LogP contribution in [0.25, 0.3) is 0 Å². The lowest BCUT2D eigenvalue weighted by Crippen LogP contribution is -2.05. The van der Waals surface area contributed by atoms with Gasteiger partial charge in [-0.15, -0.1) is 0 Å². The summed E-state index contributed by atoms with van der Waals surface area (Å²) in [6, 6.07) is 15.6. The molecule has 0 saturated heterocycles. The van der Waals surface area contributed by atoms with E-state index in [1.54, 1.807) is 0 Å². The summed E-state index contributed by atoms with van der Waals surface area (Å²) in [6.07, 6.45) is 0.431. The molecule has 2 nitrogen and oxygen atoms in total. The fraction of sp³-hybridized carbons (Fsp3) is 0.188. The van der Waals surface area contributed by atoms with Gasteiger partial charge in [-0.2, -0.15) is 0 Å². The maximum atomic E-state index is 12.2. The van der Waals surface area contributed by atoms with Gasteiger partial charge in [0.1, 0.15) is 0 Å². The second-order valence-corrected chi connectivity index (χ2v) is 4.37. The number of para-hydroxylation sites is 1. The number of hydrogen-bond donors (Lipinski definition) is 1. The van der Waals surface area contributed by atoms with Crippen LogP contribution in [0, 0.1) is 6.92 Å². The van der Waals surface area contributed by atoms with Crippen LogP contribution in [0.4, 0.5) is 5.69 Å². The number of hydrogen-bond acceptors (Lipinski definition) is 2. The Kier molecular flexibility index (Phi) is 3.78. The molecule has 0 radical (unpaired) electrons. The summed E-state index contributed by atoms with van der Waals surface area (Å²) < 4.78 is 0. The van der Waals surface area contributed by atoms with Gasteiger partial charge in [-0.1, -0.05) is 48.0 Å². The lowest BCUT2D eigenvalue weighted by atomic mass is 10.0. The van der Waals surface area contributed by atoms with E-state index in [-0.39, 0.29) is 5.78 Å². The normalized spacial score (nSPS) is 10.1. The summed E-state index contributed by atoms with van der Waals surface area (Å²) in [4.78, 5) is 12.2. The fourth-order valence-electron chi connectivity index (χ4n) is 1.93. The Hall–Kier alpha value is -2.09. The number of nitrogens with one attached hydrogen (secondary N) is 1. The predicted octanol–water partition coefficient (Wildman–Crippen LogP) is 3.46. The Labute approximate surface area is 108 Å². The van der Waals surface area contributed by atoms with Crippen LogP contribution in [0.1, 0.15) is 21.5 Å². The molecule has 0 bridgehead atoms. The summed E-state index contributed by atoms with van der Waals surface area (Å²) in [7, 11) is 1.87. The van der Waals surface area contributed by atoms with Gasteiger partial charge in [-0.05, 0) is 18.6 Å². The molecule has 0 aromatic heterocycles. The van der Waals surface area contributed by atoms with Gasteiger partial charge < -0.3 is 5.32 Å². The smallest absolute Gasteiger partial charge is 0.167 e. The lowest BCUT2D eigenvalue weighted by Gasteiger charge is -2.08. The van der Waals surface area contributed by atoms with Crippen LogP contribution < -0.4 is 5.32 Å². The van der Waals surface area contributed by atoms with E-state index in [4.69, 9.17) is 0 Å². The van der Waals surface area contributed by atoms with Crippen molar-refractivity contribution in [1.82, 2.24) is 0 Å². The van der Waals surface area contributed by atoms with Crippen LogP contribution >= 0.6 is 0 Å². The number of aryl methyl sites for hydroxylation is 1. The number of carbonyl (C=O) groups excluding carboxylic acids is 1. The molecule has 0 fully saturated rings. The minimum atomic E-state index is 0.151. The molecule has 92 valence electrons. The highest BCUT2D eigenvalue weighted by atomic mass is 16.1. The highest BCUT2D eigenvalue weighted by Gasteiger charge is 2.09. The topological polar surface area (TPSA) is 29.1 Å². The van der Waals surface area contributed by atoms with Crippen molar-refractivity contribution in [3.63, 3.8) is 0 Å². The zero-order valence-electron chi connectivity index (χ0n) is 10.7.